The number of likely N-dealkylation sites (N-methyl/N-ethyl adjacent to an activating group) is 1. The molecule has 1 heterocycles. The van der Waals surface area contributed by atoms with Gasteiger partial charge < -0.3 is 20.3 Å². The van der Waals surface area contributed by atoms with E-state index in [1.165, 1.54) is 12.1 Å². The van der Waals surface area contributed by atoms with Crippen LogP contribution in [0.3, 0.4) is 0 Å². The average Bonchev–Trinajstić information content (AvgIpc) is 2.42. The molecule has 2 N–H and O–H groups in total. The van der Waals surface area contributed by atoms with Gasteiger partial charge in [0.1, 0.15) is 0 Å². The Morgan fingerprint density at radius 3 is 2.65 bits per heavy atom. The van der Waals surface area contributed by atoms with Crippen LogP contribution >= 0.6 is 0 Å². The van der Waals surface area contributed by atoms with Crippen LogP contribution in [0.2, 0.25) is 0 Å². The lowest BCUT2D eigenvalue weighted by atomic mass is 10.2. The van der Waals surface area contributed by atoms with Gasteiger partial charge in [-0.25, -0.2) is 4.39 Å². The summed E-state index contributed by atoms with van der Waals surface area (Å²) in [5.41, 5.74) is 6.71. The largest absolute Gasteiger partial charge is 0.481 e. The number of ether oxygens (including phenoxy) is 1. The molecule has 0 bridgehead atoms. The summed E-state index contributed by atoms with van der Waals surface area (Å²) in [6.45, 7) is 4.68. The highest BCUT2D eigenvalue weighted by atomic mass is 19.1. The number of nitrogen functional groups attached to an aromatic ring is 1. The first-order chi connectivity index (χ1) is 9.47. The fraction of sp³-hybridized carbons (Fsp3) is 0.500. The van der Waals surface area contributed by atoms with E-state index in [2.05, 4.69) is 4.90 Å². The Hall–Kier alpha value is -1.82. The highest BCUT2D eigenvalue weighted by Gasteiger charge is 2.19. The van der Waals surface area contributed by atoms with Crippen LogP contribution in [0.25, 0.3) is 0 Å². The molecule has 1 amide bonds. The van der Waals surface area contributed by atoms with Gasteiger partial charge in [0, 0.05) is 37.9 Å². The number of carbonyl (C=O) groups excluding carboxylic acids is 1. The first-order valence-electron chi connectivity index (χ1n) is 6.62. The Morgan fingerprint density at radius 1 is 1.35 bits per heavy atom. The molecule has 1 saturated heterocycles. The summed E-state index contributed by atoms with van der Waals surface area (Å²) in [4.78, 5) is 15.9. The molecule has 5 nitrogen and oxygen atoms in total. The van der Waals surface area contributed by atoms with E-state index >= 15 is 0 Å². The van der Waals surface area contributed by atoms with Crippen LogP contribution in [0, 0.1) is 12.7 Å². The minimum absolute atomic E-state index is 0.0687. The summed E-state index contributed by atoms with van der Waals surface area (Å²) in [6.07, 6.45) is 0. The van der Waals surface area contributed by atoms with Crippen LogP contribution in [0.4, 0.5) is 10.1 Å². The van der Waals surface area contributed by atoms with Crippen LogP contribution < -0.4 is 10.5 Å². The minimum atomic E-state index is -0.542. The number of aryl methyl sites for hydroxylation is 1. The lowest BCUT2D eigenvalue weighted by molar-refractivity contribution is -0.134. The molecular weight excluding hydrogens is 261 g/mol. The first-order valence-corrected chi connectivity index (χ1v) is 6.62. The second kappa shape index (κ2) is 6.09. The van der Waals surface area contributed by atoms with E-state index < -0.39 is 5.82 Å². The van der Waals surface area contributed by atoms with E-state index in [1.807, 2.05) is 7.05 Å². The van der Waals surface area contributed by atoms with Crippen LogP contribution in [-0.2, 0) is 4.79 Å². The Morgan fingerprint density at radius 2 is 2.00 bits per heavy atom. The second-order valence-corrected chi connectivity index (χ2v) is 5.11. The van der Waals surface area contributed by atoms with E-state index in [0.29, 0.717) is 18.8 Å². The molecule has 0 aromatic heterocycles. The smallest absolute Gasteiger partial charge is 0.260 e. The van der Waals surface area contributed by atoms with Crippen molar-refractivity contribution in [2.75, 3.05) is 45.6 Å². The third-order valence-corrected chi connectivity index (χ3v) is 3.53. The van der Waals surface area contributed by atoms with Crippen molar-refractivity contribution < 1.29 is 13.9 Å². The van der Waals surface area contributed by atoms with Crippen molar-refractivity contribution in [2.24, 2.45) is 0 Å². The maximum atomic E-state index is 13.6. The molecule has 1 aromatic carbocycles. The van der Waals surface area contributed by atoms with E-state index in [0.717, 1.165) is 18.7 Å². The Bertz CT molecular complexity index is 499. The molecule has 1 aromatic rings. The third-order valence-electron chi connectivity index (χ3n) is 3.53. The SMILES string of the molecule is Cc1cc(OCC(=O)N2CCN(C)CC2)c(F)cc1N. The molecule has 1 aliphatic heterocycles. The molecule has 0 aliphatic carbocycles. The summed E-state index contributed by atoms with van der Waals surface area (Å²) < 4.78 is 18.9. The number of benzene rings is 1. The molecule has 1 fully saturated rings. The van der Waals surface area contributed by atoms with Crippen LogP contribution in [-0.4, -0.2) is 55.5 Å². The number of nitrogens with zero attached hydrogens (tertiary/aromatic N) is 2. The quantitative estimate of drug-likeness (QED) is 0.835. The van der Waals surface area contributed by atoms with Crippen molar-refractivity contribution in [3.63, 3.8) is 0 Å². The number of nitrogens with two attached hydrogens (primary N) is 1. The molecule has 20 heavy (non-hydrogen) atoms. The van der Waals surface area contributed by atoms with E-state index in [4.69, 9.17) is 10.5 Å². The van der Waals surface area contributed by atoms with Crippen LogP contribution in [0.5, 0.6) is 5.75 Å². The molecule has 110 valence electrons. The van der Waals surface area contributed by atoms with Gasteiger partial charge in [0.25, 0.3) is 5.91 Å². The molecule has 0 unspecified atom stereocenters. The predicted molar refractivity (Wildman–Crippen MR) is 75.1 cm³/mol. The summed E-state index contributed by atoms with van der Waals surface area (Å²) >= 11 is 0. The van der Waals surface area contributed by atoms with Gasteiger partial charge in [-0.1, -0.05) is 0 Å². The zero-order valence-corrected chi connectivity index (χ0v) is 11.9. The van der Waals surface area contributed by atoms with Crippen molar-refractivity contribution in [2.45, 2.75) is 6.92 Å². The van der Waals surface area contributed by atoms with Crippen molar-refractivity contribution in [1.29, 1.82) is 0 Å². The summed E-state index contributed by atoms with van der Waals surface area (Å²) in [5.74, 6) is -0.592. The number of anilines is 1. The number of carbonyl (C=O) groups is 1. The van der Waals surface area contributed by atoms with Gasteiger partial charge in [-0.2, -0.15) is 0 Å². The summed E-state index contributed by atoms with van der Waals surface area (Å²) in [6, 6.07) is 2.73. The highest BCUT2D eigenvalue weighted by molar-refractivity contribution is 5.78. The molecule has 0 atom stereocenters. The first kappa shape index (κ1) is 14.6. The van der Waals surface area contributed by atoms with Gasteiger partial charge in [-0.15, -0.1) is 0 Å². The lowest BCUT2D eigenvalue weighted by Gasteiger charge is -2.32. The molecular formula is C14H20FN3O2. The lowest BCUT2D eigenvalue weighted by Crippen LogP contribution is -2.48. The monoisotopic (exact) mass is 281 g/mol. The number of amides is 1. The zero-order chi connectivity index (χ0) is 14.7. The van der Waals surface area contributed by atoms with E-state index in [9.17, 15) is 9.18 Å². The Kier molecular flexibility index (Phi) is 4.44. The number of hydrogen-bond donors (Lipinski definition) is 1. The molecule has 6 heteroatoms. The van der Waals surface area contributed by atoms with E-state index in [-0.39, 0.29) is 18.3 Å². The number of piperazine rings is 1. The highest BCUT2D eigenvalue weighted by Crippen LogP contribution is 2.23. The van der Waals surface area contributed by atoms with Crippen LogP contribution in [0.1, 0.15) is 5.56 Å². The molecule has 0 saturated carbocycles. The number of halogens is 1. The second-order valence-electron chi connectivity index (χ2n) is 5.11. The van der Waals surface area contributed by atoms with Gasteiger partial charge in [0.15, 0.2) is 18.2 Å². The standard InChI is InChI=1S/C14H20FN3O2/c1-10-7-13(11(15)8-12(10)16)20-9-14(19)18-5-3-17(2)4-6-18/h7-8H,3-6,9,16H2,1-2H3. The Balaban J connectivity index is 1.92. The maximum Gasteiger partial charge on any atom is 0.260 e. The van der Waals surface area contributed by atoms with E-state index in [1.54, 1.807) is 11.8 Å². The fourth-order valence-corrected chi connectivity index (χ4v) is 2.07. The van der Waals surface area contributed by atoms with Gasteiger partial charge in [-0.3, -0.25) is 4.79 Å². The maximum absolute atomic E-state index is 13.6. The molecule has 0 radical (unpaired) electrons. The minimum Gasteiger partial charge on any atom is -0.481 e. The molecule has 2 rings (SSSR count). The topological polar surface area (TPSA) is 58.8 Å². The van der Waals surface area contributed by atoms with Crippen molar-refractivity contribution >= 4 is 11.6 Å². The van der Waals surface area contributed by atoms with Crippen molar-refractivity contribution in [3.8, 4) is 5.75 Å². The zero-order valence-electron chi connectivity index (χ0n) is 11.9. The van der Waals surface area contributed by atoms with Gasteiger partial charge in [0.2, 0.25) is 0 Å². The molecule has 1 aliphatic rings. The normalized spacial score (nSPS) is 16.2. The van der Waals surface area contributed by atoms with Crippen molar-refractivity contribution in [1.82, 2.24) is 9.80 Å². The van der Waals surface area contributed by atoms with Crippen molar-refractivity contribution in [3.05, 3.63) is 23.5 Å². The summed E-state index contributed by atoms with van der Waals surface area (Å²) in [5, 5.41) is 0. The number of rotatable bonds is 3. The molecule has 0 spiro atoms. The average molecular weight is 281 g/mol. The van der Waals surface area contributed by atoms with Gasteiger partial charge in [-0.05, 0) is 25.6 Å². The number of hydrogen-bond acceptors (Lipinski definition) is 4. The predicted octanol–water partition coefficient (Wildman–Crippen LogP) is 0.869. The van der Waals surface area contributed by atoms with Gasteiger partial charge >= 0.3 is 0 Å². The van der Waals surface area contributed by atoms with Gasteiger partial charge in [0.05, 0.1) is 0 Å². The fourth-order valence-electron chi connectivity index (χ4n) is 2.07. The summed E-state index contributed by atoms with van der Waals surface area (Å²) in [7, 11) is 2.02. The third kappa shape index (κ3) is 3.39. The Labute approximate surface area is 118 Å². The van der Waals surface area contributed by atoms with Crippen LogP contribution in [0.15, 0.2) is 12.1 Å².